The maximum absolute atomic E-state index is 3.65. The molecule has 0 aliphatic carbocycles. The fraction of sp³-hybridized carbons (Fsp3) is 0.625. The van der Waals surface area contributed by atoms with E-state index in [2.05, 4.69) is 48.3 Å². The SMILES string of the molecule is Cc1ccccc1CN[C@@H](C)CN1CCCCC1. The van der Waals surface area contributed by atoms with Crippen LogP contribution in [0.3, 0.4) is 0 Å². The minimum Gasteiger partial charge on any atom is -0.309 e. The van der Waals surface area contributed by atoms with Crippen molar-refractivity contribution in [2.75, 3.05) is 19.6 Å². The van der Waals surface area contributed by atoms with Gasteiger partial charge in [-0.2, -0.15) is 0 Å². The average molecular weight is 246 g/mol. The Morgan fingerprint density at radius 3 is 2.61 bits per heavy atom. The van der Waals surface area contributed by atoms with E-state index in [1.54, 1.807) is 0 Å². The van der Waals surface area contributed by atoms with Crippen LogP contribution in [0.25, 0.3) is 0 Å². The van der Waals surface area contributed by atoms with Crippen molar-refractivity contribution >= 4 is 0 Å². The van der Waals surface area contributed by atoms with Crippen LogP contribution in [-0.2, 0) is 6.54 Å². The molecule has 2 rings (SSSR count). The monoisotopic (exact) mass is 246 g/mol. The van der Waals surface area contributed by atoms with Gasteiger partial charge in [-0.25, -0.2) is 0 Å². The number of hydrogen-bond acceptors (Lipinski definition) is 2. The Morgan fingerprint density at radius 2 is 1.89 bits per heavy atom. The fourth-order valence-corrected chi connectivity index (χ4v) is 2.69. The molecule has 1 N–H and O–H groups in total. The molecule has 1 aliphatic rings. The minimum atomic E-state index is 0.572. The summed E-state index contributed by atoms with van der Waals surface area (Å²) in [6, 6.07) is 9.21. The number of nitrogens with zero attached hydrogens (tertiary/aromatic N) is 1. The molecular formula is C16H26N2. The van der Waals surface area contributed by atoms with E-state index in [0.717, 1.165) is 6.54 Å². The first-order valence-electron chi connectivity index (χ1n) is 7.26. The summed E-state index contributed by atoms with van der Waals surface area (Å²) in [5.74, 6) is 0. The molecule has 1 fully saturated rings. The second-order valence-electron chi connectivity index (χ2n) is 5.57. The van der Waals surface area contributed by atoms with Crippen LogP contribution in [-0.4, -0.2) is 30.6 Å². The van der Waals surface area contributed by atoms with Crippen molar-refractivity contribution in [2.24, 2.45) is 0 Å². The first-order chi connectivity index (χ1) is 8.75. The second kappa shape index (κ2) is 6.91. The maximum Gasteiger partial charge on any atom is 0.0211 e. The number of benzene rings is 1. The predicted molar refractivity (Wildman–Crippen MR) is 77.8 cm³/mol. The van der Waals surface area contributed by atoms with Gasteiger partial charge in [0.25, 0.3) is 0 Å². The molecule has 1 aromatic carbocycles. The van der Waals surface area contributed by atoms with Crippen LogP contribution in [0.15, 0.2) is 24.3 Å². The largest absolute Gasteiger partial charge is 0.309 e. The van der Waals surface area contributed by atoms with Gasteiger partial charge in [0.2, 0.25) is 0 Å². The zero-order chi connectivity index (χ0) is 12.8. The number of piperidine rings is 1. The highest BCUT2D eigenvalue weighted by Gasteiger charge is 2.12. The molecule has 0 unspecified atom stereocenters. The van der Waals surface area contributed by atoms with Gasteiger partial charge in [0.15, 0.2) is 0 Å². The standard InChI is InChI=1S/C16H26N2/c1-14-8-4-5-9-16(14)12-17-15(2)13-18-10-6-3-7-11-18/h4-5,8-9,15,17H,3,6-7,10-13H2,1-2H3/t15-/m0/s1. The van der Waals surface area contributed by atoms with Crippen molar-refractivity contribution in [3.8, 4) is 0 Å². The molecule has 1 atom stereocenters. The summed E-state index contributed by atoms with van der Waals surface area (Å²) in [6.45, 7) is 9.24. The first-order valence-corrected chi connectivity index (χ1v) is 7.26. The van der Waals surface area contributed by atoms with Crippen molar-refractivity contribution in [2.45, 2.75) is 45.7 Å². The number of aryl methyl sites for hydroxylation is 1. The zero-order valence-corrected chi connectivity index (χ0v) is 11.8. The van der Waals surface area contributed by atoms with E-state index in [9.17, 15) is 0 Å². The highest BCUT2D eigenvalue weighted by Crippen LogP contribution is 2.10. The molecule has 0 bridgehead atoms. The highest BCUT2D eigenvalue weighted by atomic mass is 15.1. The lowest BCUT2D eigenvalue weighted by Gasteiger charge is -2.29. The van der Waals surface area contributed by atoms with Crippen molar-refractivity contribution in [3.63, 3.8) is 0 Å². The molecule has 2 nitrogen and oxygen atoms in total. The van der Waals surface area contributed by atoms with E-state index < -0.39 is 0 Å². The van der Waals surface area contributed by atoms with Gasteiger partial charge in [0, 0.05) is 19.1 Å². The van der Waals surface area contributed by atoms with Gasteiger partial charge < -0.3 is 10.2 Å². The lowest BCUT2D eigenvalue weighted by molar-refractivity contribution is 0.209. The van der Waals surface area contributed by atoms with E-state index in [-0.39, 0.29) is 0 Å². The predicted octanol–water partition coefficient (Wildman–Crippen LogP) is 2.96. The smallest absolute Gasteiger partial charge is 0.0211 e. The van der Waals surface area contributed by atoms with Gasteiger partial charge >= 0.3 is 0 Å². The zero-order valence-electron chi connectivity index (χ0n) is 11.8. The van der Waals surface area contributed by atoms with Crippen molar-refractivity contribution in [1.29, 1.82) is 0 Å². The van der Waals surface area contributed by atoms with Gasteiger partial charge in [-0.1, -0.05) is 30.7 Å². The summed E-state index contributed by atoms with van der Waals surface area (Å²) >= 11 is 0. The Hall–Kier alpha value is -0.860. The Bertz CT molecular complexity index is 356. The minimum absolute atomic E-state index is 0.572. The van der Waals surface area contributed by atoms with Gasteiger partial charge in [-0.05, 0) is 50.9 Å². The molecule has 1 aromatic rings. The van der Waals surface area contributed by atoms with Crippen molar-refractivity contribution < 1.29 is 0 Å². The molecule has 1 heterocycles. The van der Waals surface area contributed by atoms with Crippen LogP contribution in [0, 0.1) is 6.92 Å². The molecule has 18 heavy (non-hydrogen) atoms. The van der Waals surface area contributed by atoms with Crippen LogP contribution in [0.2, 0.25) is 0 Å². The van der Waals surface area contributed by atoms with Gasteiger partial charge in [-0.3, -0.25) is 0 Å². The molecule has 0 aromatic heterocycles. The molecular weight excluding hydrogens is 220 g/mol. The lowest BCUT2D eigenvalue weighted by atomic mass is 10.1. The van der Waals surface area contributed by atoms with E-state index in [4.69, 9.17) is 0 Å². The molecule has 0 spiro atoms. The summed E-state index contributed by atoms with van der Waals surface area (Å²) < 4.78 is 0. The van der Waals surface area contributed by atoms with Crippen molar-refractivity contribution in [1.82, 2.24) is 10.2 Å². The average Bonchev–Trinajstić information content (AvgIpc) is 2.39. The van der Waals surface area contributed by atoms with E-state index >= 15 is 0 Å². The molecule has 1 saturated heterocycles. The van der Waals surface area contributed by atoms with E-state index in [0.29, 0.717) is 6.04 Å². The number of likely N-dealkylation sites (tertiary alicyclic amines) is 1. The molecule has 2 heteroatoms. The van der Waals surface area contributed by atoms with E-state index in [1.807, 2.05) is 0 Å². The fourth-order valence-electron chi connectivity index (χ4n) is 2.69. The van der Waals surface area contributed by atoms with Crippen LogP contribution >= 0.6 is 0 Å². The van der Waals surface area contributed by atoms with Gasteiger partial charge in [-0.15, -0.1) is 0 Å². The summed E-state index contributed by atoms with van der Waals surface area (Å²) in [6.07, 6.45) is 4.18. The summed E-state index contributed by atoms with van der Waals surface area (Å²) in [5.41, 5.74) is 2.80. The van der Waals surface area contributed by atoms with E-state index in [1.165, 1.54) is 50.0 Å². The molecule has 0 saturated carbocycles. The third-order valence-electron chi connectivity index (χ3n) is 3.88. The third kappa shape index (κ3) is 4.11. The summed E-state index contributed by atoms with van der Waals surface area (Å²) in [7, 11) is 0. The quantitative estimate of drug-likeness (QED) is 0.859. The summed E-state index contributed by atoms with van der Waals surface area (Å²) in [5, 5.41) is 3.65. The second-order valence-corrected chi connectivity index (χ2v) is 5.57. The van der Waals surface area contributed by atoms with Crippen molar-refractivity contribution in [3.05, 3.63) is 35.4 Å². The Balaban J connectivity index is 1.74. The maximum atomic E-state index is 3.65. The van der Waals surface area contributed by atoms with Crippen LogP contribution in [0.5, 0.6) is 0 Å². The molecule has 0 amide bonds. The van der Waals surface area contributed by atoms with Crippen LogP contribution in [0.1, 0.15) is 37.3 Å². The number of rotatable bonds is 5. The summed E-state index contributed by atoms with van der Waals surface area (Å²) in [4.78, 5) is 2.60. The first kappa shape index (κ1) is 13.6. The number of hydrogen-bond donors (Lipinski definition) is 1. The van der Waals surface area contributed by atoms with Gasteiger partial charge in [0.1, 0.15) is 0 Å². The Labute approximate surface area is 111 Å². The Morgan fingerprint density at radius 1 is 1.17 bits per heavy atom. The normalized spacial score (nSPS) is 18.8. The molecule has 100 valence electrons. The molecule has 0 radical (unpaired) electrons. The van der Waals surface area contributed by atoms with Crippen LogP contribution in [0.4, 0.5) is 0 Å². The Kier molecular flexibility index (Phi) is 5.21. The molecule has 1 aliphatic heterocycles. The third-order valence-corrected chi connectivity index (χ3v) is 3.88. The van der Waals surface area contributed by atoms with Crippen LogP contribution < -0.4 is 5.32 Å². The lowest BCUT2D eigenvalue weighted by Crippen LogP contribution is -2.41. The topological polar surface area (TPSA) is 15.3 Å². The van der Waals surface area contributed by atoms with Gasteiger partial charge in [0.05, 0.1) is 0 Å². The highest BCUT2D eigenvalue weighted by molar-refractivity contribution is 5.25. The number of nitrogens with one attached hydrogen (secondary N) is 1.